The first-order valence-corrected chi connectivity index (χ1v) is 24.5. The molecule has 458 valence electrons. The number of alkyl halides is 24. The van der Waals surface area contributed by atoms with Crippen molar-refractivity contribution in [3.8, 4) is 0 Å². The summed E-state index contributed by atoms with van der Waals surface area (Å²) >= 11 is 0. The van der Waals surface area contributed by atoms with Crippen molar-refractivity contribution in [1.82, 2.24) is 0 Å². The largest absolute Gasteiger partial charge is 0.459 e. The fourth-order valence-electron chi connectivity index (χ4n) is 10.9. The van der Waals surface area contributed by atoms with Crippen LogP contribution in [-0.2, 0) is 20.7 Å². The molecule has 3 N–H and O–H groups in total. The van der Waals surface area contributed by atoms with E-state index < -0.39 is 124 Å². The minimum Gasteiger partial charge on any atom is -0.459 e. The number of esters is 1. The number of hydrogen-bond acceptors (Lipinski definition) is 5. The number of ether oxygens (including phenoxy) is 1. The Kier molecular flexibility index (Phi) is 20.9. The Labute approximate surface area is 434 Å². The normalized spacial score (nSPS) is 26.7. The predicted molar refractivity (Wildman–Crippen MR) is 231 cm³/mol. The number of hydrogen-bond donors (Lipinski definition) is 3. The van der Waals surface area contributed by atoms with Crippen LogP contribution in [0.5, 0.6) is 0 Å². The summed E-state index contributed by atoms with van der Waals surface area (Å²) in [4.78, 5) is 11.4. The van der Waals surface area contributed by atoms with Crippen LogP contribution < -0.4 is 0 Å². The number of benzene rings is 1. The van der Waals surface area contributed by atoms with Crippen LogP contribution in [0.15, 0.2) is 18.2 Å². The van der Waals surface area contributed by atoms with Crippen LogP contribution in [-0.4, -0.2) is 81.9 Å². The van der Waals surface area contributed by atoms with Gasteiger partial charge in [0.1, 0.15) is 5.60 Å². The average molecular weight is 1190 g/mol. The molecule has 0 aliphatic heterocycles. The van der Waals surface area contributed by atoms with E-state index in [1.807, 2.05) is 0 Å². The summed E-state index contributed by atoms with van der Waals surface area (Å²) in [7, 11) is 0. The second kappa shape index (κ2) is 22.9. The smallest absolute Gasteiger partial charge is 0.430 e. The van der Waals surface area contributed by atoms with Gasteiger partial charge in [0.15, 0.2) is 5.41 Å². The van der Waals surface area contributed by atoms with Gasteiger partial charge in [-0.3, -0.25) is 4.79 Å². The third-order valence-corrected chi connectivity index (χ3v) is 16.4. The van der Waals surface area contributed by atoms with Crippen LogP contribution in [0, 0.1) is 52.3 Å². The quantitative estimate of drug-likeness (QED) is 0.169. The number of aliphatic hydroxyl groups is 3. The highest BCUT2D eigenvalue weighted by molar-refractivity contribution is 5.77. The van der Waals surface area contributed by atoms with Crippen LogP contribution in [0.3, 0.4) is 0 Å². The summed E-state index contributed by atoms with van der Waals surface area (Å²) in [6.45, 7) is 14.1. The number of fused-ring (bicyclic) bond motifs is 4. The molecule has 5 nitrogen and oxygen atoms in total. The third kappa shape index (κ3) is 13.9. The summed E-state index contributed by atoms with van der Waals surface area (Å²) in [5.41, 5.74) is -26.3. The molecular weight excluding hydrogens is 1120 g/mol. The Morgan fingerprint density at radius 2 is 1.00 bits per heavy atom. The Bertz CT molecular complexity index is 2040. The van der Waals surface area contributed by atoms with Gasteiger partial charge in [0.2, 0.25) is 0 Å². The minimum atomic E-state index is -6.56. The van der Waals surface area contributed by atoms with E-state index in [0.717, 1.165) is 32.6 Å². The molecule has 0 aromatic heterocycles. The molecule has 10 unspecified atom stereocenters. The van der Waals surface area contributed by atoms with Gasteiger partial charge in [0.05, 0.1) is 5.41 Å². The molecule has 10 atom stereocenters. The molecule has 0 saturated heterocycles. The second-order valence-electron chi connectivity index (χ2n) is 22.3. The van der Waals surface area contributed by atoms with E-state index in [1.165, 1.54) is 53.9 Å². The molecule has 1 aromatic rings. The Balaban J connectivity index is 0.000000378. The van der Waals surface area contributed by atoms with Crippen molar-refractivity contribution in [1.29, 1.82) is 0 Å². The second-order valence-corrected chi connectivity index (χ2v) is 22.3. The standard InChI is InChI=1S/C18H27F3.C16H14F12O2.C10H17F3O2.C5H6F6O/c1-10-11(2)16-7-14(10)8-17(16,18(19,20)21)9-15-6-12-3-4-13(15)5-12;1-3-7(2)8-4-9(11(29,13(17,18)19)14(20,21)22)6-10(5-8)12(30,15(23,24)25)16(26,27)28;1-6-9(5,10(11,12)13)7(14)15-8(2,3)4;1-2-3(12,4(6,7)8)5(9,10)11/h10-16H,3-9H2,1-2H3;4-7,29-30H,3H2,1-2H3;6H2,1-5H3;12H,2H2,1H3. The zero-order valence-corrected chi connectivity index (χ0v) is 43.7. The fraction of sp³-hybridized carbons (Fsp3) is 0.857. The first-order valence-electron chi connectivity index (χ1n) is 24.5. The Morgan fingerprint density at radius 1 is 0.577 bits per heavy atom. The van der Waals surface area contributed by atoms with Gasteiger partial charge in [-0.25, -0.2) is 0 Å². The lowest BCUT2D eigenvalue weighted by atomic mass is 9.60. The van der Waals surface area contributed by atoms with E-state index in [9.17, 15) is 120 Å². The highest BCUT2D eigenvalue weighted by Gasteiger charge is 2.75. The molecule has 4 fully saturated rings. The molecule has 4 bridgehead atoms. The lowest BCUT2D eigenvalue weighted by molar-refractivity contribution is -0.378. The van der Waals surface area contributed by atoms with Crippen LogP contribution >= 0.6 is 0 Å². The maximum Gasteiger partial charge on any atom is 0.430 e. The maximum absolute atomic E-state index is 14.1. The molecule has 4 aliphatic carbocycles. The van der Waals surface area contributed by atoms with Gasteiger partial charge in [-0.1, -0.05) is 60.1 Å². The van der Waals surface area contributed by atoms with Gasteiger partial charge in [-0.2, -0.15) is 105 Å². The zero-order valence-electron chi connectivity index (χ0n) is 43.7. The van der Waals surface area contributed by atoms with Crippen molar-refractivity contribution < 1.29 is 130 Å². The van der Waals surface area contributed by atoms with E-state index in [-0.39, 0.29) is 36.8 Å². The van der Waals surface area contributed by atoms with Crippen molar-refractivity contribution in [2.45, 2.75) is 211 Å². The molecule has 29 heteroatoms. The highest BCUT2D eigenvalue weighted by atomic mass is 19.4. The van der Waals surface area contributed by atoms with Crippen molar-refractivity contribution in [3.05, 3.63) is 34.9 Å². The Morgan fingerprint density at radius 3 is 1.24 bits per heavy atom. The number of halogens is 24. The SMILES string of the molecule is CC1C2CC(C1C)C(CC1CC3CCC1C3)(C(F)(F)F)C2.CCC(C)(C(=O)OC(C)(C)C)C(F)(F)F.CCC(C)c1cc(C(O)(C(F)(F)F)C(F)(F)F)cc(C(O)(C(F)(F)F)C(F)(F)F)c1.CCC(O)(C(F)(F)F)C(F)(F)F. The van der Waals surface area contributed by atoms with Crippen LogP contribution in [0.25, 0.3) is 0 Å². The average Bonchev–Trinajstić information content (AvgIpc) is 4.04. The van der Waals surface area contributed by atoms with Gasteiger partial charge >= 0.3 is 55.4 Å². The van der Waals surface area contributed by atoms with Crippen LogP contribution in [0.1, 0.15) is 156 Å². The summed E-state index contributed by atoms with van der Waals surface area (Å²) < 4.78 is 312. The summed E-state index contributed by atoms with van der Waals surface area (Å²) in [5, 5.41) is 27.1. The number of rotatable bonds is 9. The van der Waals surface area contributed by atoms with E-state index in [2.05, 4.69) is 13.8 Å². The number of carbonyl (C=O) groups excluding carboxylic acids is 1. The summed E-state index contributed by atoms with van der Waals surface area (Å²) in [5.74, 6) is 0.356. The summed E-state index contributed by atoms with van der Waals surface area (Å²) in [6.07, 6.45) is -41.6. The van der Waals surface area contributed by atoms with Crippen LogP contribution in [0.4, 0.5) is 105 Å². The molecule has 0 spiro atoms. The van der Waals surface area contributed by atoms with Gasteiger partial charge in [0, 0.05) is 11.1 Å². The van der Waals surface area contributed by atoms with E-state index in [1.54, 1.807) is 0 Å². The molecule has 0 radical (unpaired) electrons. The molecule has 0 heterocycles. The molecule has 1 aromatic carbocycles. The minimum absolute atomic E-state index is 0.00577. The van der Waals surface area contributed by atoms with E-state index in [0.29, 0.717) is 43.4 Å². The first kappa shape index (κ1) is 71.0. The first-order chi connectivity index (χ1) is 34.4. The monoisotopic (exact) mass is 1190 g/mol. The van der Waals surface area contributed by atoms with Crippen LogP contribution in [0.2, 0.25) is 0 Å². The molecule has 4 aliphatic rings. The zero-order chi connectivity index (χ0) is 61.8. The topological polar surface area (TPSA) is 87.0 Å². The van der Waals surface area contributed by atoms with E-state index >= 15 is 0 Å². The van der Waals surface area contributed by atoms with Crippen molar-refractivity contribution in [2.24, 2.45) is 52.3 Å². The van der Waals surface area contributed by atoms with Gasteiger partial charge in [0.25, 0.3) is 16.8 Å². The lowest BCUT2D eigenvalue weighted by Gasteiger charge is -2.46. The van der Waals surface area contributed by atoms with Crippen molar-refractivity contribution in [2.75, 3.05) is 0 Å². The van der Waals surface area contributed by atoms with Crippen molar-refractivity contribution in [3.63, 3.8) is 0 Å². The number of carbonyl (C=O) groups is 1. The van der Waals surface area contributed by atoms with Gasteiger partial charge < -0.3 is 20.1 Å². The molecule has 78 heavy (non-hydrogen) atoms. The molecule has 5 rings (SSSR count). The third-order valence-electron chi connectivity index (χ3n) is 16.4. The maximum atomic E-state index is 14.1. The predicted octanol–water partition coefficient (Wildman–Crippen LogP) is 17.1. The highest BCUT2D eigenvalue weighted by Crippen LogP contribution is 2.70. The van der Waals surface area contributed by atoms with Crippen molar-refractivity contribution >= 4 is 5.97 Å². The van der Waals surface area contributed by atoms with E-state index in [4.69, 9.17) is 9.84 Å². The summed E-state index contributed by atoms with van der Waals surface area (Å²) in [6, 6.07) is -0.786. The fourth-order valence-corrected chi connectivity index (χ4v) is 10.9. The molecule has 4 saturated carbocycles. The lowest BCUT2D eigenvalue weighted by Crippen LogP contribution is -2.56. The van der Waals surface area contributed by atoms with Gasteiger partial charge in [-0.15, -0.1) is 0 Å². The molecule has 0 amide bonds. The van der Waals surface area contributed by atoms with Gasteiger partial charge in [-0.05, 0) is 144 Å². The molecular formula is C49H64F24O5. The Hall–Kier alpha value is -3.11.